The Balaban J connectivity index is 1.73. The van der Waals surface area contributed by atoms with Crippen LogP contribution in [-0.2, 0) is 6.54 Å². The van der Waals surface area contributed by atoms with Crippen molar-refractivity contribution in [1.82, 2.24) is 9.97 Å². The van der Waals surface area contributed by atoms with Crippen LogP contribution in [0.2, 0.25) is 0 Å². The Morgan fingerprint density at radius 2 is 2.30 bits per heavy atom. The lowest BCUT2D eigenvalue weighted by atomic mass is 10.2. The number of nitrogens with zero attached hydrogens (tertiary/aromatic N) is 1. The van der Waals surface area contributed by atoms with Gasteiger partial charge >= 0.3 is 5.97 Å². The molecule has 2 aromatic heterocycles. The molecule has 0 unspecified atom stereocenters. The highest BCUT2D eigenvalue weighted by Crippen LogP contribution is 2.20. The van der Waals surface area contributed by atoms with Crippen LogP contribution in [0.15, 0.2) is 29.6 Å². The molecule has 2 heterocycles. The van der Waals surface area contributed by atoms with Crippen LogP contribution >= 0.6 is 11.3 Å². The van der Waals surface area contributed by atoms with Crippen molar-refractivity contribution in [3.8, 4) is 0 Å². The maximum Gasteiger partial charge on any atom is 0.336 e. The van der Waals surface area contributed by atoms with Crippen molar-refractivity contribution >= 4 is 34.0 Å². The number of carboxylic acid groups (broad SMARTS) is 1. The van der Waals surface area contributed by atoms with E-state index >= 15 is 0 Å². The number of aromatic amines is 1. The number of nitrogens with one attached hydrogen (secondary N) is 2. The van der Waals surface area contributed by atoms with E-state index in [0.29, 0.717) is 12.1 Å². The Hall–Kier alpha value is -2.34. The lowest BCUT2D eigenvalue weighted by molar-refractivity contribution is 0.0697. The molecule has 0 aliphatic carbocycles. The molecule has 1 aromatic carbocycles. The summed E-state index contributed by atoms with van der Waals surface area (Å²) in [5.41, 5.74) is 3.25. The molecule has 0 aliphatic rings. The fraction of sp³-hybridized carbons (Fsp3) is 0.143. The highest BCUT2D eigenvalue weighted by Gasteiger charge is 2.06. The predicted octanol–water partition coefficient (Wildman–Crippen LogP) is 3.24. The van der Waals surface area contributed by atoms with Gasteiger partial charge in [0, 0.05) is 22.5 Å². The average Bonchev–Trinajstić information content (AvgIpc) is 3.00. The first-order valence-electron chi connectivity index (χ1n) is 6.13. The zero-order chi connectivity index (χ0) is 14.1. The number of carboxylic acids is 1. The van der Waals surface area contributed by atoms with Crippen molar-refractivity contribution in [3.05, 3.63) is 45.9 Å². The van der Waals surface area contributed by atoms with Crippen LogP contribution in [0.4, 0.5) is 5.69 Å². The van der Waals surface area contributed by atoms with Gasteiger partial charge in [0.05, 0.1) is 16.6 Å². The van der Waals surface area contributed by atoms with E-state index in [-0.39, 0.29) is 0 Å². The lowest BCUT2D eigenvalue weighted by Crippen LogP contribution is -1.98. The van der Waals surface area contributed by atoms with Crippen LogP contribution in [0.1, 0.15) is 21.1 Å². The highest BCUT2D eigenvalue weighted by molar-refractivity contribution is 7.10. The molecule has 0 spiro atoms. The molecule has 0 amide bonds. The lowest BCUT2D eigenvalue weighted by Gasteiger charge is -2.04. The van der Waals surface area contributed by atoms with Gasteiger partial charge in [-0.2, -0.15) is 0 Å². The van der Waals surface area contributed by atoms with Gasteiger partial charge in [-0.05, 0) is 31.2 Å². The number of aromatic carboxylic acids is 1. The Kier molecular flexibility index (Phi) is 3.15. The van der Waals surface area contributed by atoms with E-state index in [2.05, 4.69) is 15.3 Å². The van der Waals surface area contributed by atoms with Gasteiger partial charge in [0.2, 0.25) is 0 Å². The summed E-state index contributed by atoms with van der Waals surface area (Å²) in [5.74, 6) is 0.00311. The van der Waals surface area contributed by atoms with Crippen LogP contribution in [0.25, 0.3) is 11.0 Å². The van der Waals surface area contributed by atoms with Gasteiger partial charge in [-0.25, -0.2) is 9.78 Å². The van der Waals surface area contributed by atoms with Gasteiger partial charge in [0.25, 0.3) is 0 Å². The number of benzene rings is 1. The molecule has 0 saturated heterocycles. The summed E-state index contributed by atoms with van der Waals surface area (Å²) in [7, 11) is 0. The SMILES string of the molecule is Cc1nc2ccc(NCc3cc(C(=O)O)cs3)cc2[nH]1. The summed E-state index contributed by atoms with van der Waals surface area (Å²) in [4.78, 5) is 19.3. The number of aromatic nitrogens is 2. The standard InChI is InChI=1S/C14H13N3O2S/c1-8-16-12-3-2-10(5-13(12)17-8)15-6-11-4-9(7-20-11)14(18)19/h2-5,7,15H,6H2,1H3,(H,16,17)(H,18,19). The number of H-pyrrole nitrogens is 1. The summed E-state index contributed by atoms with van der Waals surface area (Å²) in [6.45, 7) is 2.53. The monoisotopic (exact) mass is 287 g/mol. The zero-order valence-electron chi connectivity index (χ0n) is 10.8. The second-order valence-electron chi connectivity index (χ2n) is 4.51. The molecular weight excluding hydrogens is 274 g/mol. The molecule has 20 heavy (non-hydrogen) atoms. The van der Waals surface area contributed by atoms with E-state index in [0.717, 1.165) is 27.4 Å². The number of carbonyl (C=O) groups is 1. The summed E-state index contributed by atoms with van der Waals surface area (Å²) < 4.78 is 0. The molecule has 3 aromatic rings. The molecule has 0 fully saturated rings. The van der Waals surface area contributed by atoms with Crippen molar-refractivity contribution in [3.63, 3.8) is 0 Å². The number of hydrogen-bond acceptors (Lipinski definition) is 4. The minimum Gasteiger partial charge on any atom is -0.478 e. The topological polar surface area (TPSA) is 78.0 Å². The van der Waals surface area contributed by atoms with E-state index in [1.54, 1.807) is 11.4 Å². The third-order valence-corrected chi connectivity index (χ3v) is 3.90. The summed E-state index contributed by atoms with van der Waals surface area (Å²) in [6.07, 6.45) is 0. The minimum atomic E-state index is -0.887. The normalized spacial score (nSPS) is 10.8. The first kappa shape index (κ1) is 12.7. The molecule has 102 valence electrons. The van der Waals surface area contributed by atoms with E-state index in [1.165, 1.54) is 11.3 Å². The molecule has 0 bridgehead atoms. The largest absolute Gasteiger partial charge is 0.478 e. The van der Waals surface area contributed by atoms with E-state index in [4.69, 9.17) is 5.11 Å². The van der Waals surface area contributed by atoms with Crippen molar-refractivity contribution in [2.24, 2.45) is 0 Å². The average molecular weight is 287 g/mol. The van der Waals surface area contributed by atoms with E-state index in [1.807, 2.05) is 25.1 Å². The Morgan fingerprint density at radius 1 is 1.45 bits per heavy atom. The third kappa shape index (κ3) is 2.50. The van der Waals surface area contributed by atoms with Gasteiger partial charge < -0.3 is 15.4 Å². The number of anilines is 1. The third-order valence-electron chi connectivity index (χ3n) is 2.97. The van der Waals surface area contributed by atoms with Crippen LogP contribution < -0.4 is 5.32 Å². The molecule has 5 nitrogen and oxygen atoms in total. The van der Waals surface area contributed by atoms with Crippen LogP contribution in [0, 0.1) is 6.92 Å². The van der Waals surface area contributed by atoms with Gasteiger partial charge in [0.1, 0.15) is 5.82 Å². The van der Waals surface area contributed by atoms with E-state index < -0.39 is 5.97 Å². The number of rotatable bonds is 4. The Labute approximate surface area is 119 Å². The maximum absolute atomic E-state index is 10.8. The minimum absolute atomic E-state index is 0.339. The van der Waals surface area contributed by atoms with Crippen molar-refractivity contribution < 1.29 is 9.90 Å². The number of aryl methyl sites for hydroxylation is 1. The summed E-state index contributed by atoms with van der Waals surface area (Å²) in [5, 5.41) is 13.8. The molecule has 3 N–H and O–H groups in total. The van der Waals surface area contributed by atoms with Crippen LogP contribution in [0.5, 0.6) is 0 Å². The maximum atomic E-state index is 10.8. The fourth-order valence-corrected chi connectivity index (χ4v) is 2.82. The van der Waals surface area contributed by atoms with Crippen molar-refractivity contribution in [2.45, 2.75) is 13.5 Å². The van der Waals surface area contributed by atoms with Crippen LogP contribution in [-0.4, -0.2) is 21.0 Å². The molecule has 6 heteroatoms. The molecule has 0 saturated carbocycles. The number of hydrogen-bond donors (Lipinski definition) is 3. The van der Waals surface area contributed by atoms with Gasteiger partial charge in [-0.15, -0.1) is 11.3 Å². The highest BCUT2D eigenvalue weighted by atomic mass is 32.1. The van der Waals surface area contributed by atoms with Gasteiger partial charge in [0.15, 0.2) is 0 Å². The van der Waals surface area contributed by atoms with Crippen molar-refractivity contribution in [1.29, 1.82) is 0 Å². The number of imidazole rings is 1. The molecule has 0 radical (unpaired) electrons. The second kappa shape index (κ2) is 4.97. The second-order valence-corrected chi connectivity index (χ2v) is 5.51. The van der Waals surface area contributed by atoms with Gasteiger partial charge in [-0.3, -0.25) is 0 Å². The van der Waals surface area contributed by atoms with Gasteiger partial charge in [-0.1, -0.05) is 0 Å². The zero-order valence-corrected chi connectivity index (χ0v) is 11.6. The number of fused-ring (bicyclic) bond motifs is 1. The van der Waals surface area contributed by atoms with E-state index in [9.17, 15) is 4.79 Å². The first-order valence-corrected chi connectivity index (χ1v) is 7.01. The fourth-order valence-electron chi connectivity index (χ4n) is 2.02. The Bertz CT molecular complexity index is 776. The summed E-state index contributed by atoms with van der Waals surface area (Å²) >= 11 is 1.44. The first-order chi connectivity index (χ1) is 9.61. The molecule has 3 rings (SSSR count). The number of thiophene rings is 1. The molecule has 0 aliphatic heterocycles. The smallest absolute Gasteiger partial charge is 0.336 e. The molecule has 0 atom stereocenters. The van der Waals surface area contributed by atoms with Crippen LogP contribution in [0.3, 0.4) is 0 Å². The quantitative estimate of drug-likeness (QED) is 0.688. The molecular formula is C14H13N3O2S. The summed E-state index contributed by atoms with van der Waals surface area (Å²) in [6, 6.07) is 7.62. The Morgan fingerprint density at radius 3 is 3.05 bits per heavy atom. The predicted molar refractivity (Wildman–Crippen MR) is 79.4 cm³/mol. The van der Waals surface area contributed by atoms with Crippen molar-refractivity contribution in [2.75, 3.05) is 5.32 Å².